The number of carbonyl (C=O) groups excluding carboxylic acids is 2. The summed E-state index contributed by atoms with van der Waals surface area (Å²) in [7, 11) is 0. The minimum absolute atomic E-state index is 0.0828. The molecule has 0 saturated carbocycles. The number of hydrogen-bond donors (Lipinski definition) is 3. The summed E-state index contributed by atoms with van der Waals surface area (Å²) in [6.45, 7) is 0.328. The van der Waals surface area contributed by atoms with E-state index in [9.17, 15) is 9.59 Å². The molecule has 0 aliphatic heterocycles. The first-order valence-corrected chi connectivity index (χ1v) is 6.61. The molecule has 0 aliphatic carbocycles. The molecule has 21 heavy (non-hydrogen) atoms. The van der Waals surface area contributed by atoms with Crippen molar-refractivity contribution in [2.24, 2.45) is 5.73 Å². The second kappa shape index (κ2) is 7.21. The summed E-state index contributed by atoms with van der Waals surface area (Å²) >= 11 is 0. The Hall–Kier alpha value is -2.66. The highest BCUT2D eigenvalue weighted by atomic mass is 16.2. The number of hydrogen-bond acceptors (Lipinski definition) is 3. The van der Waals surface area contributed by atoms with Crippen LogP contribution in [0.25, 0.3) is 0 Å². The average molecular weight is 283 g/mol. The average Bonchev–Trinajstić information content (AvgIpc) is 2.53. The van der Waals surface area contributed by atoms with E-state index in [1.165, 1.54) is 0 Å². The van der Waals surface area contributed by atoms with Crippen LogP contribution in [-0.2, 0) is 11.3 Å². The van der Waals surface area contributed by atoms with Gasteiger partial charge >= 0.3 is 0 Å². The molecule has 0 unspecified atom stereocenters. The second-order valence-corrected chi connectivity index (χ2v) is 4.50. The molecule has 0 atom stereocenters. The van der Waals surface area contributed by atoms with Gasteiger partial charge in [-0.15, -0.1) is 0 Å². The molecule has 5 nitrogen and oxygen atoms in total. The van der Waals surface area contributed by atoms with Crippen molar-refractivity contribution in [3.63, 3.8) is 0 Å². The molecule has 2 rings (SSSR count). The normalized spacial score (nSPS) is 9.95. The number of benzene rings is 2. The molecule has 0 radical (unpaired) electrons. The molecule has 0 saturated heterocycles. The lowest BCUT2D eigenvalue weighted by Crippen LogP contribution is -2.32. The molecule has 108 valence electrons. The molecular weight excluding hydrogens is 266 g/mol. The number of rotatable bonds is 5. The predicted molar refractivity (Wildman–Crippen MR) is 81.7 cm³/mol. The Morgan fingerprint density at radius 1 is 1.00 bits per heavy atom. The van der Waals surface area contributed by atoms with Crippen LogP contribution in [0.5, 0.6) is 0 Å². The van der Waals surface area contributed by atoms with Gasteiger partial charge in [0.1, 0.15) is 0 Å². The van der Waals surface area contributed by atoms with E-state index in [2.05, 4.69) is 10.6 Å². The topological polar surface area (TPSA) is 84.2 Å². The lowest BCUT2D eigenvalue weighted by molar-refractivity contribution is -0.115. The van der Waals surface area contributed by atoms with Crippen LogP contribution in [0.15, 0.2) is 54.6 Å². The summed E-state index contributed by atoms with van der Waals surface area (Å²) in [6.07, 6.45) is 0. The lowest BCUT2D eigenvalue weighted by Gasteiger charge is -2.08. The lowest BCUT2D eigenvalue weighted by atomic mass is 10.2. The van der Waals surface area contributed by atoms with E-state index in [4.69, 9.17) is 5.73 Å². The van der Waals surface area contributed by atoms with Crippen LogP contribution in [0.2, 0.25) is 0 Å². The third kappa shape index (κ3) is 4.43. The van der Waals surface area contributed by atoms with E-state index in [0.717, 1.165) is 5.56 Å². The third-order valence-corrected chi connectivity index (χ3v) is 2.89. The van der Waals surface area contributed by atoms with E-state index in [1.807, 2.05) is 18.2 Å². The smallest absolute Gasteiger partial charge is 0.251 e. The molecule has 0 spiro atoms. The summed E-state index contributed by atoms with van der Waals surface area (Å²) in [6, 6.07) is 16.0. The first kappa shape index (κ1) is 14.7. The van der Waals surface area contributed by atoms with Gasteiger partial charge in [0.25, 0.3) is 5.91 Å². The summed E-state index contributed by atoms with van der Waals surface area (Å²) < 4.78 is 0. The number of nitrogens with two attached hydrogens (primary N) is 1. The van der Waals surface area contributed by atoms with Gasteiger partial charge in [0.15, 0.2) is 0 Å². The zero-order valence-electron chi connectivity index (χ0n) is 11.5. The van der Waals surface area contributed by atoms with E-state index in [0.29, 0.717) is 17.8 Å². The molecule has 0 aliphatic rings. The van der Waals surface area contributed by atoms with E-state index in [1.54, 1.807) is 36.4 Å². The molecule has 5 heteroatoms. The van der Waals surface area contributed by atoms with Gasteiger partial charge in [-0.3, -0.25) is 9.59 Å². The number of carbonyl (C=O) groups is 2. The van der Waals surface area contributed by atoms with E-state index >= 15 is 0 Å². The van der Waals surface area contributed by atoms with Crippen LogP contribution in [0.3, 0.4) is 0 Å². The number of amides is 2. The largest absolute Gasteiger partial charge is 0.343 e. The van der Waals surface area contributed by atoms with Crippen molar-refractivity contribution in [2.45, 2.75) is 6.54 Å². The van der Waals surface area contributed by atoms with Crippen LogP contribution < -0.4 is 16.4 Å². The maximum atomic E-state index is 11.8. The maximum absolute atomic E-state index is 11.8. The highest BCUT2D eigenvalue weighted by Crippen LogP contribution is 2.09. The summed E-state index contributed by atoms with van der Waals surface area (Å²) in [5, 5.41) is 5.29. The van der Waals surface area contributed by atoms with Crippen molar-refractivity contribution >= 4 is 17.5 Å². The molecule has 0 aromatic heterocycles. The monoisotopic (exact) mass is 283 g/mol. The van der Waals surface area contributed by atoms with E-state index in [-0.39, 0.29) is 18.4 Å². The summed E-state index contributed by atoms with van der Waals surface area (Å²) in [5.41, 5.74) is 7.66. The van der Waals surface area contributed by atoms with Gasteiger partial charge in [0.05, 0.1) is 6.54 Å². The fourth-order valence-corrected chi connectivity index (χ4v) is 1.83. The fraction of sp³-hybridized carbons (Fsp3) is 0.125. The quantitative estimate of drug-likeness (QED) is 0.777. The van der Waals surface area contributed by atoms with Gasteiger partial charge in [-0.1, -0.05) is 30.3 Å². The Morgan fingerprint density at radius 2 is 1.76 bits per heavy atom. The summed E-state index contributed by atoms with van der Waals surface area (Å²) in [5.74, 6) is -0.560. The minimum Gasteiger partial charge on any atom is -0.343 e. The molecule has 2 amide bonds. The summed E-state index contributed by atoms with van der Waals surface area (Å²) in [4.78, 5) is 23.6. The van der Waals surface area contributed by atoms with Crippen LogP contribution >= 0.6 is 0 Å². The van der Waals surface area contributed by atoms with Gasteiger partial charge in [0, 0.05) is 17.8 Å². The zero-order valence-corrected chi connectivity index (χ0v) is 11.5. The highest BCUT2D eigenvalue weighted by molar-refractivity contribution is 5.99. The number of nitrogens with one attached hydrogen (secondary N) is 2. The second-order valence-electron chi connectivity index (χ2n) is 4.50. The van der Waals surface area contributed by atoms with Gasteiger partial charge in [0.2, 0.25) is 5.91 Å². The zero-order chi connectivity index (χ0) is 15.1. The van der Waals surface area contributed by atoms with Gasteiger partial charge in [-0.25, -0.2) is 0 Å². The number of anilines is 1. The fourth-order valence-electron chi connectivity index (χ4n) is 1.83. The maximum Gasteiger partial charge on any atom is 0.251 e. The Balaban J connectivity index is 1.86. The van der Waals surface area contributed by atoms with Crippen molar-refractivity contribution in [1.82, 2.24) is 5.32 Å². The third-order valence-electron chi connectivity index (χ3n) is 2.89. The minimum atomic E-state index is -0.284. The Kier molecular flexibility index (Phi) is 5.06. The van der Waals surface area contributed by atoms with Gasteiger partial charge in [-0.2, -0.15) is 0 Å². The first-order chi connectivity index (χ1) is 10.2. The Labute approximate surface area is 123 Å². The van der Waals surface area contributed by atoms with E-state index < -0.39 is 0 Å². The predicted octanol–water partition coefficient (Wildman–Crippen LogP) is 1.51. The SMILES string of the molecule is NCc1cccc(NC(=O)CNC(=O)c2ccccc2)c1. The molecular formula is C16H17N3O2. The standard InChI is InChI=1S/C16H17N3O2/c17-10-12-5-4-8-14(9-12)19-15(20)11-18-16(21)13-6-2-1-3-7-13/h1-9H,10-11,17H2,(H,18,21)(H,19,20). The van der Waals surface area contributed by atoms with Gasteiger partial charge in [-0.05, 0) is 29.8 Å². The van der Waals surface area contributed by atoms with Gasteiger partial charge < -0.3 is 16.4 Å². The molecule has 0 heterocycles. The van der Waals surface area contributed by atoms with Crippen LogP contribution in [-0.4, -0.2) is 18.4 Å². The van der Waals surface area contributed by atoms with Crippen molar-refractivity contribution in [3.8, 4) is 0 Å². The van der Waals surface area contributed by atoms with Crippen molar-refractivity contribution in [2.75, 3.05) is 11.9 Å². The molecule has 2 aromatic carbocycles. The van der Waals surface area contributed by atoms with Crippen LogP contribution in [0.1, 0.15) is 15.9 Å². The Bertz CT molecular complexity index is 626. The Morgan fingerprint density at radius 3 is 2.48 bits per heavy atom. The molecule has 4 N–H and O–H groups in total. The van der Waals surface area contributed by atoms with Crippen LogP contribution in [0.4, 0.5) is 5.69 Å². The van der Waals surface area contributed by atoms with Crippen molar-refractivity contribution < 1.29 is 9.59 Å². The van der Waals surface area contributed by atoms with Crippen molar-refractivity contribution in [1.29, 1.82) is 0 Å². The molecule has 0 fully saturated rings. The van der Waals surface area contributed by atoms with Crippen molar-refractivity contribution in [3.05, 3.63) is 65.7 Å². The molecule has 2 aromatic rings. The molecule has 0 bridgehead atoms. The van der Waals surface area contributed by atoms with Crippen LogP contribution in [0, 0.1) is 0 Å². The first-order valence-electron chi connectivity index (χ1n) is 6.61. The highest BCUT2D eigenvalue weighted by Gasteiger charge is 2.07.